The highest BCUT2D eigenvalue weighted by atomic mass is 35.5. The van der Waals surface area contributed by atoms with Crippen molar-refractivity contribution in [3.8, 4) is 0 Å². The molecule has 0 amide bonds. The summed E-state index contributed by atoms with van der Waals surface area (Å²) in [7, 11) is 0. The highest BCUT2D eigenvalue weighted by molar-refractivity contribution is 6.64. The second-order valence-electron chi connectivity index (χ2n) is 6.13. The van der Waals surface area contributed by atoms with Gasteiger partial charge >= 0.3 is 0 Å². The van der Waals surface area contributed by atoms with Crippen LogP contribution in [0.1, 0.15) is 17.5 Å². The average Bonchev–Trinajstić information content (AvgIpc) is 2.69. The van der Waals surface area contributed by atoms with E-state index in [2.05, 4.69) is 0 Å². The Bertz CT molecular complexity index is 980. The number of benzene rings is 2. The van der Waals surface area contributed by atoms with Crippen molar-refractivity contribution in [2.45, 2.75) is 12.0 Å². The van der Waals surface area contributed by atoms with E-state index < -0.39 is 50.3 Å². The molecule has 0 aromatic heterocycles. The Balaban J connectivity index is 2.15. The molecule has 1 N–H and O–H groups in total. The molecule has 28 heavy (non-hydrogen) atoms. The average molecular weight is 444 g/mol. The quantitative estimate of drug-likeness (QED) is 0.682. The van der Waals surface area contributed by atoms with Crippen molar-refractivity contribution in [2.24, 2.45) is 0 Å². The Morgan fingerprint density at radius 2 is 1.11 bits per heavy atom. The fraction of sp³-hybridized carbons (Fsp3) is 0.100. The molecule has 1 aliphatic carbocycles. The van der Waals surface area contributed by atoms with Crippen LogP contribution in [0.2, 0.25) is 0 Å². The Labute approximate surface area is 173 Å². The number of Topliss-reactive ketones (excluding diaryl/α,β-unsaturated/α-hetero) is 2. The summed E-state index contributed by atoms with van der Waals surface area (Å²) in [6.07, 6.45) is -0.464. The van der Waals surface area contributed by atoms with Crippen molar-refractivity contribution < 1.29 is 23.5 Å². The summed E-state index contributed by atoms with van der Waals surface area (Å²) in [6.45, 7) is 0. The van der Waals surface area contributed by atoms with E-state index in [4.69, 9.17) is 34.8 Å². The first kappa shape index (κ1) is 20.7. The molecule has 0 fully saturated rings. The molecule has 0 atom stereocenters. The molecular formula is C20H11Cl3F2O3. The van der Waals surface area contributed by atoms with Gasteiger partial charge in [0.2, 0.25) is 11.6 Å². The molecular weight excluding hydrogens is 433 g/mol. The van der Waals surface area contributed by atoms with Crippen LogP contribution in [0.3, 0.4) is 0 Å². The lowest BCUT2D eigenvalue weighted by molar-refractivity contribution is -0.115. The van der Waals surface area contributed by atoms with Gasteiger partial charge in [0.25, 0.3) is 0 Å². The van der Waals surface area contributed by atoms with Gasteiger partial charge in [0.15, 0.2) is 0 Å². The third-order valence-electron chi connectivity index (χ3n) is 4.41. The number of ketones is 2. The van der Waals surface area contributed by atoms with Gasteiger partial charge in [0.1, 0.15) is 27.3 Å². The largest absolute Gasteiger partial charge is 0.380 e. The van der Waals surface area contributed by atoms with E-state index >= 15 is 0 Å². The minimum atomic E-state index is -1.92. The lowest BCUT2D eigenvalue weighted by Crippen LogP contribution is -2.31. The molecule has 2 aromatic rings. The van der Waals surface area contributed by atoms with Crippen molar-refractivity contribution >= 4 is 46.4 Å². The number of aliphatic hydroxyl groups is 1. The van der Waals surface area contributed by atoms with Crippen LogP contribution in [0.15, 0.2) is 69.2 Å². The molecule has 0 saturated carbocycles. The Hall–Kier alpha value is -2.05. The van der Waals surface area contributed by atoms with Gasteiger partial charge in [-0.25, -0.2) is 8.78 Å². The first-order chi connectivity index (χ1) is 13.1. The lowest BCUT2D eigenvalue weighted by Gasteiger charge is -2.31. The van der Waals surface area contributed by atoms with Gasteiger partial charge in [-0.15, -0.1) is 0 Å². The standard InChI is InChI=1S/C20H11Cl3F2O3/c21-15-14(18(26)16(22)17(23)19(15)27)9-20(28,10-1-5-12(24)6-2-10)11-3-7-13(25)8-4-11/h1-8,28H,9H2. The second kappa shape index (κ2) is 7.76. The molecule has 0 radical (unpaired) electrons. The molecule has 0 unspecified atom stereocenters. The normalized spacial score (nSPS) is 15.5. The molecule has 3 rings (SSSR count). The van der Waals surface area contributed by atoms with Crippen molar-refractivity contribution in [2.75, 3.05) is 0 Å². The SMILES string of the molecule is O=C1C(Cl)=C(Cl)C(=O)C(CC(O)(c2ccc(F)cc2)c2ccc(F)cc2)=C1Cl. The zero-order valence-corrected chi connectivity index (χ0v) is 16.2. The van der Waals surface area contributed by atoms with Crippen LogP contribution in [-0.2, 0) is 15.2 Å². The first-order valence-electron chi connectivity index (χ1n) is 7.93. The van der Waals surface area contributed by atoms with Gasteiger partial charge in [0, 0.05) is 12.0 Å². The Kier molecular flexibility index (Phi) is 5.73. The van der Waals surface area contributed by atoms with Gasteiger partial charge in [-0.1, -0.05) is 59.1 Å². The Morgan fingerprint density at radius 3 is 1.54 bits per heavy atom. The molecule has 3 nitrogen and oxygen atoms in total. The molecule has 0 aliphatic heterocycles. The van der Waals surface area contributed by atoms with Crippen LogP contribution in [0.4, 0.5) is 8.78 Å². The summed E-state index contributed by atoms with van der Waals surface area (Å²) in [6, 6.07) is 9.74. The molecule has 0 heterocycles. The molecule has 1 aliphatic rings. The fourth-order valence-electron chi connectivity index (χ4n) is 2.90. The van der Waals surface area contributed by atoms with Crippen LogP contribution in [0.5, 0.6) is 0 Å². The van der Waals surface area contributed by atoms with Crippen LogP contribution in [0.25, 0.3) is 0 Å². The van der Waals surface area contributed by atoms with Gasteiger partial charge in [-0.2, -0.15) is 0 Å². The van der Waals surface area contributed by atoms with Crippen LogP contribution < -0.4 is 0 Å². The third kappa shape index (κ3) is 3.63. The van der Waals surface area contributed by atoms with Gasteiger partial charge in [-0.3, -0.25) is 9.59 Å². The predicted octanol–water partition coefficient (Wildman–Crippen LogP) is 4.92. The van der Waals surface area contributed by atoms with Crippen LogP contribution in [-0.4, -0.2) is 16.7 Å². The maximum atomic E-state index is 13.4. The van der Waals surface area contributed by atoms with E-state index in [1.165, 1.54) is 24.3 Å². The van der Waals surface area contributed by atoms with E-state index in [0.29, 0.717) is 0 Å². The maximum Gasteiger partial charge on any atom is 0.217 e. The summed E-state index contributed by atoms with van der Waals surface area (Å²) in [5.41, 5.74) is -1.77. The molecule has 0 spiro atoms. The predicted molar refractivity (Wildman–Crippen MR) is 102 cm³/mol. The van der Waals surface area contributed by atoms with E-state index in [9.17, 15) is 23.5 Å². The second-order valence-corrected chi connectivity index (χ2v) is 7.26. The maximum absolute atomic E-state index is 13.4. The molecule has 0 saturated heterocycles. The van der Waals surface area contributed by atoms with Crippen molar-refractivity contribution in [1.82, 2.24) is 0 Å². The molecule has 144 valence electrons. The lowest BCUT2D eigenvalue weighted by atomic mass is 9.79. The number of allylic oxidation sites excluding steroid dienone is 3. The van der Waals surface area contributed by atoms with Crippen molar-refractivity contribution in [3.63, 3.8) is 0 Å². The van der Waals surface area contributed by atoms with Crippen LogP contribution in [0, 0.1) is 11.6 Å². The summed E-state index contributed by atoms with van der Waals surface area (Å²) >= 11 is 17.6. The number of carbonyl (C=O) groups excluding carboxylic acids is 2. The number of hydrogen-bond donors (Lipinski definition) is 1. The number of carbonyl (C=O) groups is 2. The van der Waals surface area contributed by atoms with Crippen molar-refractivity contribution in [3.05, 3.63) is 92.0 Å². The number of hydrogen-bond acceptors (Lipinski definition) is 3. The van der Waals surface area contributed by atoms with E-state index in [1.54, 1.807) is 0 Å². The zero-order chi connectivity index (χ0) is 20.6. The van der Waals surface area contributed by atoms with Gasteiger partial charge in [-0.05, 0) is 35.4 Å². The summed E-state index contributed by atoms with van der Waals surface area (Å²) in [4.78, 5) is 24.7. The van der Waals surface area contributed by atoms with Gasteiger partial charge in [0.05, 0.1) is 5.03 Å². The van der Waals surface area contributed by atoms with Crippen LogP contribution >= 0.6 is 34.8 Å². The topological polar surface area (TPSA) is 54.4 Å². The molecule has 8 heteroatoms. The number of rotatable bonds is 4. The summed E-state index contributed by atoms with van der Waals surface area (Å²) in [5.74, 6) is -2.73. The Morgan fingerprint density at radius 1 is 0.714 bits per heavy atom. The smallest absolute Gasteiger partial charge is 0.217 e. The zero-order valence-electron chi connectivity index (χ0n) is 14.0. The third-order valence-corrected chi connectivity index (χ3v) is 5.62. The van der Waals surface area contributed by atoms with E-state index in [0.717, 1.165) is 24.3 Å². The molecule has 2 aromatic carbocycles. The number of halogens is 5. The van der Waals surface area contributed by atoms with Crippen molar-refractivity contribution in [1.29, 1.82) is 0 Å². The van der Waals surface area contributed by atoms with E-state index in [-0.39, 0.29) is 16.7 Å². The minimum Gasteiger partial charge on any atom is -0.380 e. The minimum absolute atomic E-state index is 0.203. The van der Waals surface area contributed by atoms with Gasteiger partial charge < -0.3 is 5.11 Å². The highest BCUT2D eigenvalue weighted by Gasteiger charge is 2.40. The monoisotopic (exact) mass is 442 g/mol. The first-order valence-corrected chi connectivity index (χ1v) is 9.06. The molecule has 0 bridgehead atoms. The summed E-state index contributed by atoms with van der Waals surface area (Å²) < 4.78 is 26.7. The highest BCUT2D eigenvalue weighted by Crippen LogP contribution is 2.41. The summed E-state index contributed by atoms with van der Waals surface area (Å²) in [5, 5.41) is 9.98. The fourth-order valence-corrected chi connectivity index (χ4v) is 3.58. The van der Waals surface area contributed by atoms with E-state index in [1.807, 2.05) is 0 Å².